The first-order chi connectivity index (χ1) is 16.4. The Kier molecular flexibility index (Phi) is 7.23. The maximum atomic E-state index is 12.9. The highest BCUT2D eigenvalue weighted by Gasteiger charge is 2.16. The lowest BCUT2D eigenvalue weighted by Crippen LogP contribution is -2.24. The Labute approximate surface area is 204 Å². The van der Waals surface area contributed by atoms with Gasteiger partial charge < -0.3 is 9.64 Å². The number of hydrogen-bond acceptors (Lipinski definition) is 5. The molecule has 0 aliphatic rings. The first-order valence-electron chi connectivity index (χ1n) is 11.1. The third-order valence-corrected chi connectivity index (χ3v) is 6.40. The molecule has 0 atom stereocenters. The molecular formula is C27H28N4O2S. The summed E-state index contributed by atoms with van der Waals surface area (Å²) in [5, 5.41) is 7.69. The maximum Gasteiger partial charge on any atom is 0.246 e. The standard InChI is InChI=1S/C27H28N4O2S/c1-19-25(20(2)31(29-19)24-11-6-5-7-12-24)16-30(4)27(32)15-14-22-10-8-9-13-26(22)33-17-23-18-34-21(3)28-23/h5-15,18H,16-17H2,1-4H3/b15-14+. The lowest BCUT2D eigenvalue weighted by atomic mass is 10.1. The van der Waals surface area contributed by atoms with Crippen LogP contribution in [0.15, 0.2) is 66.1 Å². The highest BCUT2D eigenvalue weighted by molar-refractivity contribution is 7.09. The fraction of sp³-hybridized carbons (Fsp3) is 0.222. The van der Waals surface area contributed by atoms with E-state index in [1.807, 2.05) is 85.4 Å². The number of likely N-dealkylation sites (N-methyl/N-ethyl adjacent to an activating group) is 1. The molecule has 0 aliphatic heterocycles. The average Bonchev–Trinajstić information content (AvgIpc) is 3.39. The number of amides is 1. The van der Waals surface area contributed by atoms with Gasteiger partial charge in [0.05, 0.1) is 22.1 Å². The van der Waals surface area contributed by atoms with Crippen LogP contribution in [0.1, 0.15) is 33.2 Å². The monoisotopic (exact) mass is 472 g/mol. The summed E-state index contributed by atoms with van der Waals surface area (Å²) in [7, 11) is 1.80. The largest absolute Gasteiger partial charge is 0.487 e. The summed E-state index contributed by atoms with van der Waals surface area (Å²) in [6.45, 7) is 6.87. The average molecular weight is 473 g/mol. The van der Waals surface area contributed by atoms with Crippen molar-refractivity contribution >= 4 is 23.3 Å². The van der Waals surface area contributed by atoms with E-state index in [9.17, 15) is 4.79 Å². The number of para-hydroxylation sites is 2. The van der Waals surface area contributed by atoms with Crippen LogP contribution in [-0.2, 0) is 17.9 Å². The van der Waals surface area contributed by atoms with E-state index in [1.54, 1.807) is 35.4 Å². The molecule has 0 spiro atoms. The molecular weight excluding hydrogens is 444 g/mol. The number of carbonyl (C=O) groups excluding carboxylic acids is 1. The molecule has 0 saturated heterocycles. The van der Waals surface area contributed by atoms with Crippen molar-refractivity contribution in [3.63, 3.8) is 0 Å². The summed E-state index contributed by atoms with van der Waals surface area (Å²) < 4.78 is 7.89. The van der Waals surface area contributed by atoms with Crippen molar-refractivity contribution in [1.29, 1.82) is 0 Å². The van der Waals surface area contributed by atoms with Crippen molar-refractivity contribution in [2.24, 2.45) is 0 Å². The van der Waals surface area contributed by atoms with Crippen molar-refractivity contribution < 1.29 is 9.53 Å². The summed E-state index contributed by atoms with van der Waals surface area (Å²) in [5.41, 5.74) is 5.76. The third kappa shape index (κ3) is 5.43. The second-order valence-corrected chi connectivity index (χ2v) is 9.17. The summed E-state index contributed by atoms with van der Waals surface area (Å²) in [6, 6.07) is 17.7. The van der Waals surface area contributed by atoms with Crippen LogP contribution in [0, 0.1) is 20.8 Å². The van der Waals surface area contributed by atoms with Crippen LogP contribution in [0.5, 0.6) is 5.75 Å². The second-order valence-electron chi connectivity index (χ2n) is 8.11. The normalized spacial score (nSPS) is 11.2. The molecule has 0 N–H and O–H groups in total. The minimum atomic E-state index is -0.0869. The lowest BCUT2D eigenvalue weighted by molar-refractivity contribution is -0.125. The molecule has 0 fully saturated rings. The molecule has 1 amide bonds. The van der Waals surface area contributed by atoms with E-state index in [4.69, 9.17) is 4.74 Å². The Balaban J connectivity index is 1.44. The molecule has 0 aliphatic carbocycles. The first kappa shape index (κ1) is 23.4. The topological polar surface area (TPSA) is 60.2 Å². The van der Waals surface area contributed by atoms with E-state index in [0.717, 1.165) is 44.7 Å². The summed E-state index contributed by atoms with van der Waals surface area (Å²) in [5.74, 6) is 0.631. The van der Waals surface area contributed by atoms with Crippen molar-refractivity contribution in [1.82, 2.24) is 19.7 Å². The van der Waals surface area contributed by atoms with Crippen molar-refractivity contribution in [2.75, 3.05) is 7.05 Å². The second kappa shape index (κ2) is 10.5. The number of carbonyl (C=O) groups is 1. The van der Waals surface area contributed by atoms with Gasteiger partial charge in [-0.25, -0.2) is 9.67 Å². The van der Waals surface area contributed by atoms with Crippen LogP contribution in [0.25, 0.3) is 11.8 Å². The van der Waals surface area contributed by atoms with E-state index in [2.05, 4.69) is 10.1 Å². The molecule has 2 aromatic heterocycles. The summed E-state index contributed by atoms with van der Waals surface area (Å²) >= 11 is 1.60. The number of thiazole rings is 1. The zero-order valence-electron chi connectivity index (χ0n) is 19.9. The Morgan fingerprint density at radius 2 is 1.82 bits per heavy atom. The minimum absolute atomic E-state index is 0.0869. The van der Waals surface area contributed by atoms with Crippen LogP contribution in [0.3, 0.4) is 0 Å². The molecule has 7 heteroatoms. The van der Waals surface area contributed by atoms with Gasteiger partial charge in [0.2, 0.25) is 5.91 Å². The van der Waals surface area contributed by atoms with Gasteiger partial charge in [-0.2, -0.15) is 5.10 Å². The minimum Gasteiger partial charge on any atom is -0.487 e. The molecule has 0 saturated carbocycles. The predicted octanol–water partition coefficient (Wildman–Crippen LogP) is 5.50. The molecule has 34 heavy (non-hydrogen) atoms. The molecule has 2 aromatic carbocycles. The third-order valence-electron chi connectivity index (χ3n) is 5.58. The molecule has 6 nitrogen and oxygen atoms in total. The highest BCUT2D eigenvalue weighted by atomic mass is 32.1. The van der Waals surface area contributed by atoms with Gasteiger partial charge in [0.15, 0.2) is 0 Å². The number of hydrogen-bond donors (Lipinski definition) is 0. The molecule has 4 rings (SSSR count). The van der Waals surface area contributed by atoms with Crippen molar-refractivity contribution in [3.8, 4) is 11.4 Å². The zero-order valence-corrected chi connectivity index (χ0v) is 20.7. The van der Waals surface area contributed by atoms with Gasteiger partial charge in [-0.1, -0.05) is 36.4 Å². The van der Waals surface area contributed by atoms with E-state index in [0.29, 0.717) is 13.2 Å². The number of aryl methyl sites for hydroxylation is 2. The van der Waals surface area contributed by atoms with Gasteiger partial charge >= 0.3 is 0 Å². The lowest BCUT2D eigenvalue weighted by Gasteiger charge is -2.16. The van der Waals surface area contributed by atoms with Gasteiger partial charge in [0, 0.05) is 41.9 Å². The van der Waals surface area contributed by atoms with Gasteiger partial charge in [-0.15, -0.1) is 11.3 Å². The Morgan fingerprint density at radius 3 is 2.56 bits per heavy atom. The van der Waals surface area contributed by atoms with Crippen LogP contribution in [0.4, 0.5) is 0 Å². The fourth-order valence-electron chi connectivity index (χ4n) is 3.70. The molecule has 4 aromatic rings. The van der Waals surface area contributed by atoms with Crippen molar-refractivity contribution in [3.05, 3.63) is 99.3 Å². The zero-order chi connectivity index (χ0) is 24.1. The molecule has 0 bridgehead atoms. The van der Waals surface area contributed by atoms with Crippen LogP contribution >= 0.6 is 11.3 Å². The van der Waals surface area contributed by atoms with Gasteiger partial charge in [0.1, 0.15) is 12.4 Å². The van der Waals surface area contributed by atoms with E-state index < -0.39 is 0 Å². The fourth-order valence-corrected chi connectivity index (χ4v) is 4.30. The number of benzene rings is 2. The SMILES string of the molecule is Cc1nc(COc2ccccc2/C=C/C(=O)N(C)Cc2c(C)nn(-c3ccccc3)c2C)cs1. The summed E-state index contributed by atoms with van der Waals surface area (Å²) in [4.78, 5) is 19.0. The van der Waals surface area contributed by atoms with Crippen molar-refractivity contribution in [2.45, 2.75) is 33.9 Å². The van der Waals surface area contributed by atoms with Crippen LogP contribution < -0.4 is 4.74 Å². The highest BCUT2D eigenvalue weighted by Crippen LogP contribution is 2.22. The number of nitrogens with zero attached hydrogens (tertiary/aromatic N) is 4. The number of ether oxygens (including phenoxy) is 1. The van der Waals surface area contributed by atoms with E-state index in [-0.39, 0.29) is 5.91 Å². The molecule has 0 radical (unpaired) electrons. The first-order valence-corrected chi connectivity index (χ1v) is 12.0. The van der Waals surface area contributed by atoms with Gasteiger partial charge in [0.25, 0.3) is 0 Å². The Hall–Kier alpha value is -3.71. The van der Waals surface area contributed by atoms with Gasteiger partial charge in [-0.05, 0) is 45.0 Å². The molecule has 0 unspecified atom stereocenters. The number of rotatable bonds is 8. The molecule has 2 heterocycles. The van der Waals surface area contributed by atoms with E-state index >= 15 is 0 Å². The van der Waals surface area contributed by atoms with E-state index in [1.165, 1.54) is 0 Å². The Bertz CT molecular complexity index is 1310. The number of aromatic nitrogens is 3. The van der Waals surface area contributed by atoms with Crippen LogP contribution in [-0.4, -0.2) is 32.6 Å². The summed E-state index contributed by atoms with van der Waals surface area (Å²) in [6.07, 6.45) is 3.38. The van der Waals surface area contributed by atoms with Crippen LogP contribution in [0.2, 0.25) is 0 Å². The molecule has 174 valence electrons. The Morgan fingerprint density at radius 1 is 1.09 bits per heavy atom. The van der Waals surface area contributed by atoms with Gasteiger partial charge in [-0.3, -0.25) is 4.79 Å². The maximum absolute atomic E-state index is 12.9. The predicted molar refractivity (Wildman–Crippen MR) is 136 cm³/mol. The smallest absolute Gasteiger partial charge is 0.246 e. The quantitative estimate of drug-likeness (QED) is 0.318.